The van der Waals surface area contributed by atoms with Crippen molar-refractivity contribution in [2.45, 2.75) is 13.0 Å². The van der Waals surface area contributed by atoms with Crippen molar-refractivity contribution in [2.24, 2.45) is 0 Å². The van der Waals surface area contributed by atoms with E-state index in [1.165, 1.54) is 13.2 Å². The molecule has 0 aromatic heterocycles. The molecule has 0 amide bonds. The summed E-state index contributed by atoms with van der Waals surface area (Å²) in [5, 5.41) is 0. The molecule has 0 saturated heterocycles. The van der Waals surface area contributed by atoms with Gasteiger partial charge in [0.2, 0.25) is 0 Å². The summed E-state index contributed by atoms with van der Waals surface area (Å²) in [6, 6.07) is 4.62. The van der Waals surface area contributed by atoms with E-state index in [4.69, 9.17) is 4.74 Å². The van der Waals surface area contributed by atoms with Gasteiger partial charge in [-0.3, -0.25) is 0 Å². The van der Waals surface area contributed by atoms with Crippen molar-refractivity contribution >= 4 is 6.29 Å². The summed E-state index contributed by atoms with van der Waals surface area (Å²) in [4.78, 5) is 10.5. The maximum Gasteiger partial charge on any atom is 0.153 e. The highest BCUT2D eigenvalue weighted by Crippen LogP contribution is 2.17. The second kappa shape index (κ2) is 4.14. The average molecular weight is 182 g/mol. The van der Waals surface area contributed by atoms with E-state index in [-0.39, 0.29) is 5.82 Å². The van der Waals surface area contributed by atoms with Crippen molar-refractivity contribution in [1.82, 2.24) is 0 Å². The summed E-state index contributed by atoms with van der Waals surface area (Å²) in [5.41, 5.74) is 1.10. The number of aryl methyl sites for hydroxylation is 1. The van der Waals surface area contributed by atoms with Crippen molar-refractivity contribution in [1.29, 1.82) is 0 Å². The third kappa shape index (κ3) is 2.12. The first kappa shape index (κ1) is 9.86. The lowest BCUT2D eigenvalue weighted by molar-refractivity contribution is -0.116. The molecule has 2 nitrogen and oxygen atoms in total. The number of benzene rings is 1. The Morgan fingerprint density at radius 1 is 1.54 bits per heavy atom. The second-order valence-electron chi connectivity index (χ2n) is 2.80. The van der Waals surface area contributed by atoms with E-state index in [1.54, 1.807) is 19.1 Å². The molecule has 0 fully saturated rings. The molecule has 1 atom stereocenters. The summed E-state index contributed by atoms with van der Waals surface area (Å²) in [7, 11) is 1.41. The zero-order chi connectivity index (χ0) is 9.84. The maximum absolute atomic E-state index is 13.0. The molecule has 13 heavy (non-hydrogen) atoms. The van der Waals surface area contributed by atoms with Gasteiger partial charge in [0.1, 0.15) is 11.9 Å². The largest absolute Gasteiger partial charge is 0.369 e. The molecule has 0 bridgehead atoms. The fourth-order valence-corrected chi connectivity index (χ4v) is 1.06. The van der Waals surface area contributed by atoms with Crippen LogP contribution in [0.5, 0.6) is 0 Å². The van der Waals surface area contributed by atoms with E-state index in [2.05, 4.69) is 0 Å². The topological polar surface area (TPSA) is 26.3 Å². The van der Waals surface area contributed by atoms with Gasteiger partial charge in [-0.2, -0.15) is 0 Å². The predicted molar refractivity (Wildman–Crippen MR) is 47.0 cm³/mol. The molecule has 0 N–H and O–H groups in total. The molecule has 1 rings (SSSR count). The average Bonchev–Trinajstić information content (AvgIpc) is 2.13. The lowest BCUT2D eigenvalue weighted by Crippen LogP contribution is -2.03. The highest BCUT2D eigenvalue weighted by Gasteiger charge is 2.09. The van der Waals surface area contributed by atoms with Crippen LogP contribution in [0.25, 0.3) is 0 Å². The summed E-state index contributed by atoms with van der Waals surface area (Å²) >= 11 is 0. The number of carbonyl (C=O) groups excluding carboxylic acids is 1. The Balaban J connectivity index is 3.01. The van der Waals surface area contributed by atoms with Crippen molar-refractivity contribution in [3.8, 4) is 0 Å². The standard InChI is InChI=1S/C10H11FO2/c1-7-3-4-8(5-9(7)11)10(6-12)13-2/h3-6,10H,1-2H3. The molecule has 1 unspecified atom stereocenters. The van der Waals surface area contributed by atoms with Crippen molar-refractivity contribution < 1.29 is 13.9 Å². The summed E-state index contributed by atoms with van der Waals surface area (Å²) in [6.07, 6.45) is -0.0282. The van der Waals surface area contributed by atoms with Gasteiger partial charge in [-0.05, 0) is 24.1 Å². The summed E-state index contributed by atoms with van der Waals surface area (Å²) < 4.78 is 17.9. The fraction of sp³-hybridized carbons (Fsp3) is 0.300. The van der Waals surface area contributed by atoms with E-state index in [0.717, 1.165) is 0 Å². The highest BCUT2D eigenvalue weighted by molar-refractivity contribution is 5.60. The number of carbonyl (C=O) groups is 1. The van der Waals surface area contributed by atoms with Gasteiger partial charge in [-0.15, -0.1) is 0 Å². The first-order valence-electron chi connectivity index (χ1n) is 3.93. The van der Waals surface area contributed by atoms with E-state index >= 15 is 0 Å². The molecule has 3 heteroatoms. The smallest absolute Gasteiger partial charge is 0.153 e. The first-order chi connectivity index (χ1) is 6.19. The van der Waals surface area contributed by atoms with Crippen LogP contribution in [0.4, 0.5) is 4.39 Å². The van der Waals surface area contributed by atoms with Crippen LogP contribution in [0.1, 0.15) is 17.2 Å². The van der Waals surface area contributed by atoms with E-state index < -0.39 is 6.10 Å². The summed E-state index contributed by atoms with van der Waals surface area (Å²) in [5.74, 6) is -0.318. The number of hydrogen-bond acceptors (Lipinski definition) is 2. The van der Waals surface area contributed by atoms with E-state index in [9.17, 15) is 9.18 Å². The fourth-order valence-electron chi connectivity index (χ4n) is 1.06. The molecule has 0 saturated carbocycles. The molecule has 1 aromatic carbocycles. The van der Waals surface area contributed by atoms with Crippen LogP contribution in [-0.2, 0) is 9.53 Å². The Morgan fingerprint density at radius 2 is 2.23 bits per heavy atom. The van der Waals surface area contributed by atoms with Crippen LogP contribution in [0, 0.1) is 12.7 Å². The minimum Gasteiger partial charge on any atom is -0.369 e. The van der Waals surface area contributed by atoms with E-state index in [1.807, 2.05) is 0 Å². The van der Waals surface area contributed by atoms with Gasteiger partial charge in [-0.1, -0.05) is 12.1 Å². The molecule has 0 aliphatic rings. The minimum absolute atomic E-state index is 0.318. The van der Waals surface area contributed by atoms with E-state index in [0.29, 0.717) is 17.4 Å². The van der Waals surface area contributed by atoms with Gasteiger partial charge in [0.15, 0.2) is 6.29 Å². The molecule has 1 aromatic rings. The Bertz CT molecular complexity index is 310. The third-order valence-electron chi connectivity index (χ3n) is 1.90. The van der Waals surface area contributed by atoms with Crippen molar-refractivity contribution in [3.05, 3.63) is 35.1 Å². The van der Waals surface area contributed by atoms with Gasteiger partial charge in [0.05, 0.1) is 0 Å². The molecule has 0 heterocycles. The molecule has 0 aliphatic carbocycles. The van der Waals surface area contributed by atoms with Crippen LogP contribution in [0.3, 0.4) is 0 Å². The Labute approximate surface area is 76.3 Å². The summed E-state index contributed by atoms with van der Waals surface area (Å²) in [6.45, 7) is 1.67. The highest BCUT2D eigenvalue weighted by atomic mass is 19.1. The number of hydrogen-bond donors (Lipinski definition) is 0. The Morgan fingerprint density at radius 3 is 2.69 bits per heavy atom. The van der Waals surface area contributed by atoms with Gasteiger partial charge in [0, 0.05) is 7.11 Å². The predicted octanol–water partition coefficient (Wildman–Crippen LogP) is 2.02. The van der Waals surface area contributed by atoms with Crippen molar-refractivity contribution in [2.75, 3.05) is 7.11 Å². The number of halogens is 1. The monoisotopic (exact) mass is 182 g/mol. The molecule has 0 radical (unpaired) electrons. The van der Waals surface area contributed by atoms with Gasteiger partial charge in [0.25, 0.3) is 0 Å². The first-order valence-corrected chi connectivity index (χ1v) is 3.93. The van der Waals surface area contributed by atoms with Crippen LogP contribution in [0.2, 0.25) is 0 Å². The van der Waals surface area contributed by atoms with Crippen LogP contribution in [-0.4, -0.2) is 13.4 Å². The number of methoxy groups -OCH3 is 1. The minimum atomic E-state index is -0.671. The molecular weight excluding hydrogens is 171 g/mol. The number of ether oxygens (including phenoxy) is 1. The normalized spacial score (nSPS) is 12.5. The van der Waals surface area contributed by atoms with Gasteiger partial charge < -0.3 is 9.53 Å². The zero-order valence-electron chi connectivity index (χ0n) is 7.58. The number of aldehydes is 1. The Kier molecular flexibility index (Phi) is 3.14. The molecular formula is C10H11FO2. The number of rotatable bonds is 3. The maximum atomic E-state index is 13.0. The van der Waals surface area contributed by atoms with Crippen LogP contribution in [0.15, 0.2) is 18.2 Å². The van der Waals surface area contributed by atoms with Gasteiger partial charge >= 0.3 is 0 Å². The lowest BCUT2D eigenvalue weighted by Gasteiger charge is -2.08. The third-order valence-corrected chi connectivity index (χ3v) is 1.90. The molecule has 0 spiro atoms. The Hall–Kier alpha value is -1.22. The zero-order valence-corrected chi connectivity index (χ0v) is 7.58. The SMILES string of the molecule is COC(C=O)c1ccc(C)c(F)c1. The quantitative estimate of drug-likeness (QED) is 0.668. The van der Waals surface area contributed by atoms with Gasteiger partial charge in [-0.25, -0.2) is 4.39 Å². The second-order valence-corrected chi connectivity index (χ2v) is 2.80. The molecule has 70 valence electrons. The van der Waals surface area contributed by atoms with Crippen molar-refractivity contribution in [3.63, 3.8) is 0 Å². The van der Waals surface area contributed by atoms with Crippen LogP contribution < -0.4 is 0 Å². The molecule has 0 aliphatic heterocycles. The lowest BCUT2D eigenvalue weighted by atomic mass is 10.1. The van der Waals surface area contributed by atoms with Crippen LogP contribution >= 0.6 is 0 Å².